The van der Waals surface area contributed by atoms with Gasteiger partial charge in [-0.3, -0.25) is 4.79 Å². The molecule has 18 heavy (non-hydrogen) atoms. The zero-order valence-electron chi connectivity index (χ0n) is 9.93. The summed E-state index contributed by atoms with van der Waals surface area (Å²) in [5.74, 6) is 0.375. The maximum absolute atomic E-state index is 11.6. The lowest BCUT2D eigenvalue weighted by Crippen LogP contribution is -2.12. The van der Waals surface area contributed by atoms with Crippen molar-refractivity contribution in [2.75, 3.05) is 7.11 Å². The Morgan fingerprint density at radius 2 is 1.94 bits per heavy atom. The second-order valence-electron chi connectivity index (χ2n) is 3.56. The Kier molecular flexibility index (Phi) is 3.18. The first-order valence-electron chi connectivity index (χ1n) is 5.22. The Labute approximate surface area is 103 Å². The van der Waals surface area contributed by atoms with Gasteiger partial charge in [0.2, 0.25) is 0 Å². The first kappa shape index (κ1) is 12.0. The summed E-state index contributed by atoms with van der Waals surface area (Å²) in [5.41, 5.74) is -0.550. The van der Waals surface area contributed by atoms with Crippen LogP contribution in [0.5, 0.6) is 23.1 Å². The van der Waals surface area contributed by atoms with Crippen molar-refractivity contribution in [1.82, 2.24) is 9.97 Å². The summed E-state index contributed by atoms with van der Waals surface area (Å²) < 4.78 is 10.4. The highest BCUT2D eigenvalue weighted by molar-refractivity contribution is 5.44. The Hall–Kier alpha value is -2.50. The number of nitrogens with zero attached hydrogens (tertiary/aromatic N) is 1. The van der Waals surface area contributed by atoms with E-state index in [0.29, 0.717) is 17.3 Å². The van der Waals surface area contributed by atoms with Crippen molar-refractivity contribution >= 4 is 0 Å². The highest BCUT2D eigenvalue weighted by Crippen LogP contribution is 2.32. The molecule has 0 atom stereocenters. The normalized spacial score (nSPS) is 10.1. The third kappa shape index (κ3) is 2.27. The summed E-state index contributed by atoms with van der Waals surface area (Å²) in [5, 5.41) is 9.60. The van der Waals surface area contributed by atoms with Crippen LogP contribution < -0.4 is 15.0 Å². The third-order valence-electron chi connectivity index (χ3n) is 2.26. The van der Waals surface area contributed by atoms with E-state index in [0.717, 1.165) is 0 Å². The second kappa shape index (κ2) is 4.79. The monoisotopic (exact) mass is 248 g/mol. The number of methoxy groups -OCH3 is 1. The van der Waals surface area contributed by atoms with Gasteiger partial charge in [0, 0.05) is 0 Å². The molecule has 0 aliphatic rings. The average molecular weight is 248 g/mol. The molecule has 0 aliphatic heterocycles. The number of para-hydroxylation sites is 2. The molecule has 1 aromatic heterocycles. The molecule has 6 nitrogen and oxygen atoms in total. The van der Waals surface area contributed by atoms with E-state index in [1.54, 1.807) is 31.2 Å². The maximum atomic E-state index is 11.6. The number of ether oxygens (including phenoxy) is 2. The Bertz CT molecular complexity index is 622. The van der Waals surface area contributed by atoms with Gasteiger partial charge in [0.1, 0.15) is 5.82 Å². The van der Waals surface area contributed by atoms with E-state index in [2.05, 4.69) is 9.97 Å². The van der Waals surface area contributed by atoms with Crippen molar-refractivity contribution in [1.29, 1.82) is 0 Å². The zero-order chi connectivity index (χ0) is 13.1. The van der Waals surface area contributed by atoms with Gasteiger partial charge in [-0.2, -0.15) is 4.98 Å². The first-order chi connectivity index (χ1) is 8.61. The molecule has 2 rings (SSSR count). The molecule has 1 aromatic carbocycles. The van der Waals surface area contributed by atoms with E-state index in [1.807, 2.05) is 0 Å². The van der Waals surface area contributed by atoms with E-state index in [4.69, 9.17) is 9.47 Å². The number of H-pyrrole nitrogens is 1. The minimum Gasteiger partial charge on any atom is -0.493 e. The van der Waals surface area contributed by atoms with Crippen LogP contribution >= 0.6 is 0 Å². The van der Waals surface area contributed by atoms with Crippen molar-refractivity contribution in [2.45, 2.75) is 6.92 Å². The summed E-state index contributed by atoms with van der Waals surface area (Å²) in [6, 6.07) is 6.80. The van der Waals surface area contributed by atoms with Gasteiger partial charge in [-0.25, -0.2) is 0 Å². The molecular weight excluding hydrogens is 236 g/mol. The highest BCUT2D eigenvalue weighted by atomic mass is 16.5. The van der Waals surface area contributed by atoms with Gasteiger partial charge < -0.3 is 19.6 Å². The van der Waals surface area contributed by atoms with Crippen LogP contribution in [0.4, 0.5) is 0 Å². The molecule has 0 saturated heterocycles. The van der Waals surface area contributed by atoms with Crippen molar-refractivity contribution in [3.05, 3.63) is 40.4 Å². The molecular formula is C12H12N2O4. The van der Waals surface area contributed by atoms with E-state index >= 15 is 0 Å². The molecule has 1 heterocycles. The largest absolute Gasteiger partial charge is 0.493 e. The van der Waals surface area contributed by atoms with Crippen molar-refractivity contribution < 1.29 is 14.6 Å². The Morgan fingerprint density at radius 1 is 1.28 bits per heavy atom. The lowest BCUT2D eigenvalue weighted by molar-refractivity contribution is 0.357. The second-order valence-corrected chi connectivity index (χ2v) is 3.56. The van der Waals surface area contributed by atoms with Gasteiger partial charge in [0.05, 0.1) is 7.11 Å². The average Bonchev–Trinajstić information content (AvgIpc) is 2.34. The van der Waals surface area contributed by atoms with Crippen LogP contribution in [0.2, 0.25) is 0 Å². The number of hydrogen-bond donors (Lipinski definition) is 2. The SMILES string of the molecule is COc1ccccc1Oc1c(O)nc(C)[nH]c1=O. The molecule has 0 saturated carbocycles. The standard InChI is InChI=1S/C12H12N2O4/c1-7-13-11(15)10(12(16)14-7)18-9-6-4-3-5-8(9)17-2/h3-6H,1-2H3,(H2,13,14,15,16). The van der Waals surface area contributed by atoms with Gasteiger partial charge in [-0.15, -0.1) is 0 Å². The molecule has 0 bridgehead atoms. The molecule has 0 unspecified atom stereocenters. The number of aryl methyl sites for hydroxylation is 1. The van der Waals surface area contributed by atoms with Gasteiger partial charge in [-0.1, -0.05) is 12.1 Å². The van der Waals surface area contributed by atoms with Crippen LogP contribution in [0, 0.1) is 6.92 Å². The fourth-order valence-corrected chi connectivity index (χ4v) is 1.47. The predicted octanol–water partition coefficient (Wildman–Crippen LogP) is 1.58. The lowest BCUT2D eigenvalue weighted by Gasteiger charge is -2.09. The number of aromatic hydroxyl groups is 1. The Morgan fingerprint density at radius 3 is 2.56 bits per heavy atom. The van der Waals surface area contributed by atoms with Crippen molar-refractivity contribution in [3.8, 4) is 23.1 Å². The number of rotatable bonds is 3. The molecule has 0 radical (unpaired) electrons. The lowest BCUT2D eigenvalue weighted by atomic mass is 10.3. The first-order valence-corrected chi connectivity index (χ1v) is 5.22. The van der Waals surface area contributed by atoms with Crippen LogP contribution in [0.3, 0.4) is 0 Å². The Balaban J connectivity index is 2.43. The topological polar surface area (TPSA) is 84.4 Å². The summed E-state index contributed by atoms with van der Waals surface area (Å²) in [6.45, 7) is 1.56. The quantitative estimate of drug-likeness (QED) is 0.861. The summed E-state index contributed by atoms with van der Waals surface area (Å²) >= 11 is 0. The van der Waals surface area contributed by atoms with Crippen molar-refractivity contribution in [2.24, 2.45) is 0 Å². The number of hydrogen-bond acceptors (Lipinski definition) is 5. The zero-order valence-corrected chi connectivity index (χ0v) is 9.93. The molecule has 6 heteroatoms. The predicted molar refractivity (Wildman–Crippen MR) is 64.3 cm³/mol. The number of aromatic amines is 1. The van der Waals surface area contributed by atoms with Crippen LogP contribution in [0.1, 0.15) is 5.82 Å². The smallest absolute Gasteiger partial charge is 0.298 e. The van der Waals surface area contributed by atoms with Crippen molar-refractivity contribution in [3.63, 3.8) is 0 Å². The number of aromatic nitrogens is 2. The van der Waals surface area contributed by atoms with E-state index in [1.165, 1.54) is 7.11 Å². The van der Waals surface area contributed by atoms with Crippen LogP contribution in [-0.4, -0.2) is 22.2 Å². The fourth-order valence-electron chi connectivity index (χ4n) is 1.47. The molecule has 2 N–H and O–H groups in total. The minimum atomic E-state index is -0.550. The molecule has 0 spiro atoms. The number of nitrogens with one attached hydrogen (secondary N) is 1. The maximum Gasteiger partial charge on any atom is 0.298 e. The van der Waals surface area contributed by atoms with Gasteiger partial charge in [0.15, 0.2) is 11.5 Å². The summed E-state index contributed by atoms with van der Waals surface area (Å²) in [6.07, 6.45) is 0. The number of benzene rings is 1. The van der Waals surface area contributed by atoms with Gasteiger partial charge in [-0.05, 0) is 19.1 Å². The molecule has 0 fully saturated rings. The van der Waals surface area contributed by atoms with E-state index < -0.39 is 11.4 Å². The van der Waals surface area contributed by atoms with Crippen LogP contribution in [-0.2, 0) is 0 Å². The van der Waals surface area contributed by atoms with E-state index in [-0.39, 0.29) is 5.75 Å². The molecule has 0 amide bonds. The fraction of sp³-hybridized carbons (Fsp3) is 0.167. The molecule has 0 aliphatic carbocycles. The van der Waals surface area contributed by atoms with Gasteiger partial charge in [0.25, 0.3) is 17.2 Å². The molecule has 2 aromatic rings. The summed E-state index contributed by atoms with van der Waals surface area (Å²) in [7, 11) is 1.49. The highest BCUT2D eigenvalue weighted by Gasteiger charge is 2.14. The van der Waals surface area contributed by atoms with Gasteiger partial charge >= 0.3 is 0 Å². The summed E-state index contributed by atoms with van der Waals surface area (Å²) in [4.78, 5) is 17.8. The van der Waals surface area contributed by atoms with E-state index in [9.17, 15) is 9.90 Å². The minimum absolute atomic E-state index is 0.259. The van der Waals surface area contributed by atoms with Crippen LogP contribution in [0.15, 0.2) is 29.1 Å². The van der Waals surface area contributed by atoms with Crippen LogP contribution in [0.25, 0.3) is 0 Å². The molecule has 94 valence electrons. The third-order valence-corrected chi connectivity index (χ3v) is 2.26.